The van der Waals surface area contributed by atoms with Gasteiger partial charge in [0.25, 0.3) is 5.91 Å². The van der Waals surface area contributed by atoms with Crippen LogP contribution in [0.3, 0.4) is 0 Å². The van der Waals surface area contributed by atoms with E-state index in [0.717, 1.165) is 11.3 Å². The van der Waals surface area contributed by atoms with Crippen molar-refractivity contribution >= 4 is 11.7 Å². The summed E-state index contributed by atoms with van der Waals surface area (Å²) in [5.41, 5.74) is 5.20. The average Bonchev–Trinajstić information content (AvgIpc) is 3.17. The molecule has 0 bridgehead atoms. The number of hydrogen-bond donors (Lipinski definition) is 1. The Morgan fingerprint density at radius 1 is 1.07 bits per heavy atom. The molecular formula is C22H29N3O2. The molecule has 3 rings (SSSR count). The Labute approximate surface area is 161 Å². The van der Waals surface area contributed by atoms with Crippen molar-refractivity contribution in [2.45, 2.75) is 39.7 Å². The molecule has 1 aliphatic heterocycles. The van der Waals surface area contributed by atoms with Gasteiger partial charge in [-0.3, -0.25) is 9.59 Å². The molecule has 0 unspecified atom stereocenters. The summed E-state index contributed by atoms with van der Waals surface area (Å²) in [6, 6.07) is 8.87. The Kier molecular flexibility index (Phi) is 5.24. The fraction of sp³-hybridized carbons (Fsp3) is 0.455. The summed E-state index contributed by atoms with van der Waals surface area (Å²) >= 11 is 0. The van der Waals surface area contributed by atoms with E-state index < -0.39 is 0 Å². The molecular weight excluding hydrogens is 338 g/mol. The van der Waals surface area contributed by atoms with E-state index in [4.69, 9.17) is 0 Å². The molecule has 0 saturated carbocycles. The van der Waals surface area contributed by atoms with Crippen LogP contribution in [0, 0.1) is 20.8 Å². The molecule has 1 aromatic carbocycles. The van der Waals surface area contributed by atoms with Gasteiger partial charge < -0.3 is 14.8 Å². The first-order valence-corrected chi connectivity index (χ1v) is 9.43. The second kappa shape index (κ2) is 7.31. The topological polar surface area (TPSA) is 56.4 Å². The number of aromatic nitrogens is 1. The molecule has 1 aliphatic rings. The van der Waals surface area contributed by atoms with E-state index >= 15 is 0 Å². The van der Waals surface area contributed by atoms with Gasteiger partial charge in [0.05, 0.1) is 11.3 Å². The number of rotatable bonds is 4. The first-order chi connectivity index (χ1) is 12.7. The van der Waals surface area contributed by atoms with Gasteiger partial charge in [0.2, 0.25) is 0 Å². The van der Waals surface area contributed by atoms with Crippen LogP contribution in [0.15, 0.2) is 24.3 Å². The third-order valence-corrected chi connectivity index (χ3v) is 5.75. The van der Waals surface area contributed by atoms with Crippen molar-refractivity contribution in [2.24, 2.45) is 0 Å². The van der Waals surface area contributed by atoms with Crippen molar-refractivity contribution in [2.75, 3.05) is 27.2 Å². The maximum Gasteiger partial charge on any atom is 0.256 e. The highest BCUT2D eigenvalue weighted by Crippen LogP contribution is 2.32. The molecule has 1 aromatic heterocycles. The number of hydrogen-bond acceptors (Lipinski definition) is 3. The Balaban J connectivity index is 1.91. The summed E-state index contributed by atoms with van der Waals surface area (Å²) in [6.07, 6.45) is 0. The Morgan fingerprint density at radius 3 is 2.22 bits per heavy atom. The van der Waals surface area contributed by atoms with Gasteiger partial charge in [0.1, 0.15) is 0 Å². The third kappa shape index (κ3) is 3.56. The molecule has 1 fully saturated rings. The molecule has 1 N–H and O–H groups in total. The molecule has 144 valence electrons. The Bertz CT molecular complexity index is 864. The molecule has 0 spiro atoms. The number of benzene rings is 1. The maximum atomic E-state index is 13.3. The van der Waals surface area contributed by atoms with Crippen LogP contribution in [-0.2, 0) is 0 Å². The molecule has 1 saturated heterocycles. The number of likely N-dealkylation sites (tertiary alicyclic amines) is 1. The van der Waals surface area contributed by atoms with Crippen LogP contribution in [0.1, 0.15) is 56.1 Å². The quantitative estimate of drug-likeness (QED) is 0.844. The van der Waals surface area contributed by atoms with Gasteiger partial charge in [-0.25, -0.2) is 0 Å². The van der Waals surface area contributed by atoms with E-state index in [-0.39, 0.29) is 23.7 Å². The minimum Gasteiger partial charge on any atom is -0.355 e. The monoisotopic (exact) mass is 367 g/mol. The number of ketones is 1. The van der Waals surface area contributed by atoms with Crippen molar-refractivity contribution in [3.8, 4) is 0 Å². The van der Waals surface area contributed by atoms with E-state index in [9.17, 15) is 9.59 Å². The number of carbonyl (C=O) groups excluding carboxylic acids is 2. The van der Waals surface area contributed by atoms with Crippen LogP contribution in [0.4, 0.5) is 0 Å². The number of nitrogens with one attached hydrogen (secondary N) is 1. The van der Waals surface area contributed by atoms with E-state index in [0.29, 0.717) is 24.3 Å². The number of amides is 1. The van der Waals surface area contributed by atoms with Gasteiger partial charge in [0, 0.05) is 37.7 Å². The van der Waals surface area contributed by atoms with Crippen molar-refractivity contribution in [1.29, 1.82) is 0 Å². The summed E-state index contributed by atoms with van der Waals surface area (Å²) in [7, 11) is 4.14. The molecule has 2 atom stereocenters. The SMILES string of the molecule is CC(=O)c1[nH]c(C)c(C(=O)N2C[C@@H](N(C)C)[C@H](c3ccc(C)cc3)C2)c1C. The zero-order valence-electron chi connectivity index (χ0n) is 17.1. The number of H-pyrrole nitrogens is 1. The first kappa shape index (κ1) is 19.4. The van der Waals surface area contributed by atoms with Crippen molar-refractivity contribution in [3.05, 3.63) is 57.9 Å². The van der Waals surface area contributed by atoms with Crippen LogP contribution in [0.5, 0.6) is 0 Å². The predicted octanol–water partition coefficient (Wildman–Crippen LogP) is 3.31. The number of carbonyl (C=O) groups is 2. The number of Topliss-reactive ketones (excluding diaryl/α,β-unsaturated/α-hetero) is 1. The minimum atomic E-state index is -0.0419. The lowest BCUT2D eigenvalue weighted by atomic mass is 9.93. The molecule has 5 heteroatoms. The summed E-state index contributed by atoms with van der Waals surface area (Å²) in [5.74, 6) is 0.242. The summed E-state index contributed by atoms with van der Waals surface area (Å²) < 4.78 is 0. The standard InChI is InChI=1S/C22H29N3O2/c1-13-7-9-17(10-8-13)18-11-25(12-19(18)24(5)6)22(27)20-14(2)21(16(4)26)23-15(20)3/h7-10,18-19,23H,11-12H2,1-6H3/t18-,19+/m0/s1. The van der Waals surface area contributed by atoms with Crippen LogP contribution in [0.2, 0.25) is 0 Å². The Morgan fingerprint density at radius 2 is 1.70 bits per heavy atom. The normalized spacial score (nSPS) is 19.7. The summed E-state index contributed by atoms with van der Waals surface area (Å²) in [6.45, 7) is 8.70. The number of aryl methyl sites for hydroxylation is 2. The lowest BCUT2D eigenvalue weighted by molar-refractivity contribution is 0.0781. The summed E-state index contributed by atoms with van der Waals surface area (Å²) in [5, 5.41) is 0. The van der Waals surface area contributed by atoms with E-state index in [1.807, 2.05) is 18.7 Å². The molecule has 0 radical (unpaired) electrons. The lowest BCUT2D eigenvalue weighted by Gasteiger charge is -2.25. The minimum absolute atomic E-state index is 0.00946. The number of nitrogens with zero attached hydrogens (tertiary/aromatic N) is 2. The molecule has 5 nitrogen and oxygen atoms in total. The largest absolute Gasteiger partial charge is 0.355 e. The van der Waals surface area contributed by atoms with Gasteiger partial charge in [-0.1, -0.05) is 29.8 Å². The van der Waals surface area contributed by atoms with Crippen molar-refractivity contribution in [1.82, 2.24) is 14.8 Å². The highest BCUT2D eigenvalue weighted by molar-refractivity contribution is 6.02. The van der Waals surface area contributed by atoms with Crippen LogP contribution in [0.25, 0.3) is 0 Å². The van der Waals surface area contributed by atoms with Gasteiger partial charge in [-0.15, -0.1) is 0 Å². The molecule has 0 aliphatic carbocycles. The van der Waals surface area contributed by atoms with Crippen LogP contribution in [-0.4, -0.2) is 59.7 Å². The average molecular weight is 367 g/mol. The molecule has 2 heterocycles. The molecule has 1 amide bonds. The van der Waals surface area contributed by atoms with Gasteiger partial charge in [-0.2, -0.15) is 0 Å². The smallest absolute Gasteiger partial charge is 0.256 e. The second-order valence-corrected chi connectivity index (χ2v) is 7.94. The zero-order valence-corrected chi connectivity index (χ0v) is 17.1. The van der Waals surface area contributed by atoms with Gasteiger partial charge in [-0.05, 0) is 46.0 Å². The molecule has 2 aromatic rings. The zero-order chi connectivity index (χ0) is 19.9. The van der Waals surface area contributed by atoms with Gasteiger partial charge >= 0.3 is 0 Å². The first-order valence-electron chi connectivity index (χ1n) is 9.43. The third-order valence-electron chi connectivity index (χ3n) is 5.75. The maximum absolute atomic E-state index is 13.3. The highest BCUT2D eigenvalue weighted by atomic mass is 16.2. The fourth-order valence-electron chi connectivity index (χ4n) is 4.20. The molecule has 27 heavy (non-hydrogen) atoms. The second-order valence-electron chi connectivity index (χ2n) is 7.94. The van der Waals surface area contributed by atoms with Crippen LogP contribution < -0.4 is 0 Å². The fourth-order valence-corrected chi connectivity index (χ4v) is 4.20. The van der Waals surface area contributed by atoms with E-state index in [2.05, 4.69) is 55.2 Å². The highest BCUT2D eigenvalue weighted by Gasteiger charge is 2.38. The van der Waals surface area contributed by atoms with Crippen molar-refractivity contribution in [3.63, 3.8) is 0 Å². The lowest BCUT2D eigenvalue weighted by Crippen LogP contribution is -2.36. The Hall–Kier alpha value is -2.40. The van der Waals surface area contributed by atoms with Crippen molar-refractivity contribution < 1.29 is 9.59 Å². The van der Waals surface area contributed by atoms with Crippen LogP contribution >= 0.6 is 0 Å². The summed E-state index contributed by atoms with van der Waals surface area (Å²) in [4.78, 5) is 32.3. The van der Waals surface area contributed by atoms with Gasteiger partial charge in [0.15, 0.2) is 5.78 Å². The number of aromatic amines is 1. The van der Waals surface area contributed by atoms with E-state index in [1.165, 1.54) is 18.1 Å². The van der Waals surface area contributed by atoms with E-state index in [1.54, 1.807) is 0 Å². The predicted molar refractivity (Wildman–Crippen MR) is 108 cm³/mol. The number of likely N-dealkylation sites (N-methyl/N-ethyl adjacent to an activating group) is 1.